The van der Waals surface area contributed by atoms with Gasteiger partial charge >= 0.3 is 5.97 Å². The van der Waals surface area contributed by atoms with Crippen molar-refractivity contribution >= 4 is 16.0 Å². The molecule has 0 aliphatic heterocycles. The fraction of sp³-hybridized carbons (Fsp3) is 0.364. The Morgan fingerprint density at radius 2 is 1.75 bits per heavy atom. The molecule has 0 saturated heterocycles. The number of hydrogen-bond acceptors (Lipinski definition) is 6. The number of carbonyl (C=O) groups is 1. The molecule has 9 nitrogen and oxygen atoms in total. The van der Waals surface area contributed by atoms with Crippen molar-refractivity contribution in [2.45, 2.75) is 51.0 Å². The largest absolute Gasteiger partial charge is 0.480 e. The third-order valence-electron chi connectivity index (χ3n) is 5.04. The average molecular weight is 458 g/mol. The van der Waals surface area contributed by atoms with Crippen molar-refractivity contribution in [1.82, 2.24) is 24.9 Å². The number of sulfonamides is 1. The van der Waals surface area contributed by atoms with Crippen LogP contribution in [0.1, 0.15) is 39.2 Å². The molecule has 0 spiro atoms. The lowest BCUT2D eigenvalue weighted by Gasteiger charge is -2.18. The van der Waals surface area contributed by atoms with Gasteiger partial charge in [0.25, 0.3) is 0 Å². The van der Waals surface area contributed by atoms with Crippen LogP contribution in [0.4, 0.5) is 0 Å². The summed E-state index contributed by atoms with van der Waals surface area (Å²) in [7, 11) is -3.99. The summed E-state index contributed by atoms with van der Waals surface area (Å²) in [6.07, 6.45) is 3.31. The van der Waals surface area contributed by atoms with Gasteiger partial charge in [0, 0.05) is 5.56 Å². The predicted octanol–water partition coefficient (Wildman–Crippen LogP) is 3.06. The summed E-state index contributed by atoms with van der Waals surface area (Å²) < 4.78 is 27.4. The van der Waals surface area contributed by atoms with Crippen LogP contribution in [0.2, 0.25) is 0 Å². The minimum atomic E-state index is -3.99. The smallest absolute Gasteiger partial charge is 0.322 e. The van der Waals surface area contributed by atoms with Crippen molar-refractivity contribution < 1.29 is 18.3 Å². The van der Waals surface area contributed by atoms with Crippen molar-refractivity contribution in [3.05, 3.63) is 54.1 Å². The number of tetrazole rings is 1. The monoisotopic (exact) mass is 457 g/mol. The number of nitrogens with zero attached hydrogens (tertiary/aromatic N) is 4. The second-order valence-electron chi connectivity index (χ2n) is 7.88. The molecular formula is C22H27N5O4S. The van der Waals surface area contributed by atoms with Gasteiger partial charge in [0.2, 0.25) is 15.8 Å². The summed E-state index contributed by atoms with van der Waals surface area (Å²) in [5, 5.41) is 21.8. The van der Waals surface area contributed by atoms with E-state index in [2.05, 4.69) is 27.1 Å². The van der Waals surface area contributed by atoms with E-state index in [4.69, 9.17) is 0 Å². The molecule has 2 N–H and O–H groups in total. The first-order valence-electron chi connectivity index (χ1n) is 10.5. The van der Waals surface area contributed by atoms with E-state index in [1.54, 1.807) is 26.0 Å². The number of aliphatic carboxylic acids is 1. The van der Waals surface area contributed by atoms with Crippen LogP contribution in [0.5, 0.6) is 0 Å². The third kappa shape index (κ3) is 5.57. The highest BCUT2D eigenvalue weighted by Gasteiger charge is 2.28. The summed E-state index contributed by atoms with van der Waals surface area (Å²) in [6.45, 7) is 5.43. The molecule has 0 aliphatic carbocycles. The molecular weight excluding hydrogens is 430 g/mol. The third-order valence-corrected chi connectivity index (χ3v) is 6.49. The molecule has 0 bridgehead atoms. The van der Waals surface area contributed by atoms with Crippen molar-refractivity contribution in [1.29, 1.82) is 0 Å². The average Bonchev–Trinajstić information content (AvgIpc) is 3.26. The minimum absolute atomic E-state index is 0.0387. The Labute approximate surface area is 187 Å². The van der Waals surface area contributed by atoms with Gasteiger partial charge in [-0.3, -0.25) is 4.79 Å². The Bertz CT molecular complexity index is 1160. The first-order chi connectivity index (χ1) is 15.2. The van der Waals surface area contributed by atoms with Crippen molar-refractivity contribution in [2.75, 3.05) is 0 Å². The van der Waals surface area contributed by atoms with E-state index < -0.39 is 28.0 Å². The zero-order valence-electron chi connectivity index (χ0n) is 18.3. The molecule has 3 aromatic rings. The maximum atomic E-state index is 12.6. The normalized spacial score (nSPS) is 12.8. The van der Waals surface area contributed by atoms with E-state index in [1.165, 1.54) is 22.5 Å². The Hall–Kier alpha value is -3.11. The highest BCUT2D eigenvalue weighted by atomic mass is 32.2. The number of hydrogen-bond donors (Lipinski definition) is 2. The van der Waals surface area contributed by atoms with E-state index in [9.17, 15) is 18.3 Å². The van der Waals surface area contributed by atoms with Crippen LogP contribution in [0.25, 0.3) is 17.1 Å². The van der Waals surface area contributed by atoms with Gasteiger partial charge in [0.1, 0.15) is 6.04 Å². The number of carboxylic acids is 1. The lowest BCUT2D eigenvalue weighted by molar-refractivity contribution is -0.140. The van der Waals surface area contributed by atoms with Crippen molar-refractivity contribution in [2.24, 2.45) is 5.92 Å². The fourth-order valence-electron chi connectivity index (χ4n) is 3.11. The fourth-order valence-corrected chi connectivity index (χ4v) is 4.44. The Balaban J connectivity index is 1.75. The predicted molar refractivity (Wildman–Crippen MR) is 120 cm³/mol. The molecule has 1 heterocycles. The molecule has 0 fully saturated rings. The van der Waals surface area contributed by atoms with Gasteiger partial charge in [-0.25, -0.2) is 8.42 Å². The summed E-state index contributed by atoms with van der Waals surface area (Å²) in [5.41, 5.74) is 2.62. The molecule has 1 atom stereocenters. The van der Waals surface area contributed by atoms with Crippen LogP contribution >= 0.6 is 0 Å². The summed E-state index contributed by atoms with van der Waals surface area (Å²) in [4.78, 5) is 12.7. The van der Waals surface area contributed by atoms with Crippen LogP contribution in [0.3, 0.4) is 0 Å². The molecule has 0 saturated carbocycles. The Kier molecular flexibility index (Phi) is 7.37. The Morgan fingerprint density at radius 3 is 2.31 bits per heavy atom. The van der Waals surface area contributed by atoms with E-state index >= 15 is 0 Å². The molecule has 10 heteroatoms. The number of rotatable bonds is 10. The van der Waals surface area contributed by atoms with Crippen LogP contribution < -0.4 is 4.72 Å². The van der Waals surface area contributed by atoms with E-state index in [1.807, 2.05) is 24.3 Å². The molecule has 0 radical (unpaired) electrons. The van der Waals surface area contributed by atoms with Gasteiger partial charge < -0.3 is 5.11 Å². The topological polar surface area (TPSA) is 127 Å². The molecule has 1 unspecified atom stereocenters. The molecule has 2 aromatic carbocycles. The number of aromatic nitrogens is 4. The van der Waals surface area contributed by atoms with Gasteiger partial charge in [0.05, 0.1) is 10.6 Å². The number of benzene rings is 2. The van der Waals surface area contributed by atoms with Gasteiger partial charge in [0.15, 0.2) is 0 Å². The lowest BCUT2D eigenvalue weighted by atomic mass is 10.1. The van der Waals surface area contributed by atoms with Crippen molar-refractivity contribution in [3.63, 3.8) is 0 Å². The number of aryl methyl sites for hydroxylation is 1. The number of carboxylic acid groups (broad SMARTS) is 1. The molecule has 32 heavy (non-hydrogen) atoms. The lowest BCUT2D eigenvalue weighted by Crippen LogP contribution is -2.44. The molecule has 1 aromatic heterocycles. The standard InChI is InChI=1S/C22H27N5O4S/c1-4-5-6-16-7-11-18(12-8-16)27-24-21(23-26-27)17-9-13-19(14-10-17)32(30,31)25-20(15(2)3)22(28)29/h7-15,20,25H,4-6H2,1-3H3,(H,28,29). The molecule has 170 valence electrons. The molecule has 0 aliphatic rings. The van der Waals surface area contributed by atoms with Gasteiger partial charge in [-0.15, -0.1) is 15.0 Å². The highest BCUT2D eigenvalue weighted by Crippen LogP contribution is 2.19. The Morgan fingerprint density at radius 1 is 1.09 bits per heavy atom. The van der Waals surface area contributed by atoms with Crippen LogP contribution in [0.15, 0.2) is 53.4 Å². The first kappa shape index (κ1) is 23.6. The quantitative estimate of drug-likeness (QED) is 0.479. The van der Waals surface area contributed by atoms with Gasteiger partial charge in [-0.1, -0.05) is 39.3 Å². The zero-order valence-corrected chi connectivity index (χ0v) is 19.1. The first-order valence-corrected chi connectivity index (χ1v) is 11.9. The summed E-state index contributed by atoms with van der Waals surface area (Å²) in [6, 6.07) is 12.7. The summed E-state index contributed by atoms with van der Waals surface area (Å²) in [5.74, 6) is -1.27. The van der Waals surface area contributed by atoms with E-state index in [0.717, 1.165) is 24.9 Å². The second kappa shape index (κ2) is 10.0. The summed E-state index contributed by atoms with van der Waals surface area (Å²) >= 11 is 0. The number of nitrogens with one attached hydrogen (secondary N) is 1. The van der Waals surface area contributed by atoms with Crippen LogP contribution in [0, 0.1) is 5.92 Å². The SMILES string of the molecule is CCCCc1ccc(-n2nnc(-c3ccc(S(=O)(=O)NC(C(=O)O)C(C)C)cc3)n2)cc1. The molecule has 3 rings (SSSR count). The minimum Gasteiger partial charge on any atom is -0.480 e. The zero-order chi connectivity index (χ0) is 23.3. The molecule has 0 amide bonds. The van der Waals surface area contributed by atoms with Gasteiger partial charge in [-0.05, 0) is 65.9 Å². The van der Waals surface area contributed by atoms with Gasteiger partial charge in [-0.2, -0.15) is 4.72 Å². The highest BCUT2D eigenvalue weighted by molar-refractivity contribution is 7.89. The van der Waals surface area contributed by atoms with E-state index in [-0.39, 0.29) is 4.90 Å². The van der Waals surface area contributed by atoms with Crippen LogP contribution in [-0.4, -0.2) is 45.7 Å². The maximum absolute atomic E-state index is 12.6. The number of unbranched alkanes of at least 4 members (excludes halogenated alkanes) is 1. The van der Waals surface area contributed by atoms with Crippen LogP contribution in [-0.2, 0) is 21.2 Å². The van der Waals surface area contributed by atoms with Crippen molar-refractivity contribution in [3.8, 4) is 17.1 Å². The second-order valence-corrected chi connectivity index (χ2v) is 9.59. The van der Waals surface area contributed by atoms with E-state index in [0.29, 0.717) is 11.4 Å². The maximum Gasteiger partial charge on any atom is 0.322 e.